The van der Waals surface area contributed by atoms with E-state index in [1.54, 1.807) is 0 Å². The van der Waals surface area contributed by atoms with E-state index in [0.29, 0.717) is 19.1 Å². The van der Waals surface area contributed by atoms with E-state index in [2.05, 4.69) is 6.58 Å². The highest BCUT2D eigenvalue weighted by Gasteiger charge is 2.27. The van der Waals surface area contributed by atoms with Crippen molar-refractivity contribution in [3.05, 3.63) is 12.2 Å². The van der Waals surface area contributed by atoms with Crippen molar-refractivity contribution in [1.29, 1.82) is 0 Å². The molecule has 4 nitrogen and oxygen atoms in total. The van der Waals surface area contributed by atoms with Gasteiger partial charge in [-0.2, -0.15) is 0 Å². The summed E-state index contributed by atoms with van der Waals surface area (Å²) in [5.41, 5.74) is 0.130. The summed E-state index contributed by atoms with van der Waals surface area (Å²) in [5.74, 6) is 0.00324. The highest BCUT2D eigenvalue weighted by atomic mass is 16.7. The van der Waals surface area contributed by atoms with Gasteiger partial charge in [-0.3, -0.25) is 4.79 Å². The number of ether oxygens (including phenoxy) is 2. The molecule has 1 rings (SSSR count). The van der Waals surface area contributed by atoms with Crippen molar-refractivity contribution < 1.29 is 19.4 Å². The Labute approximate surface area is 83.5 Å². The van der Waals surface area contributed by atoms with Crippen LogP contribution in [0, 0.1) is 5.92 Å². The average Bonchev–Trinajstić information content (AvgIpc) is 2.27. The Hall–Kier alpha value is -0.710. The van der Waals surface area contributed by atoms with Gasteiger partial charge >= 0.3 is 0 Å². The van der Waals surface area contributed by atoms with Crippen LogP contribution in [0.3, 0.4) is 0 Å². The molecule has 1 aliphatic rings. The van der Waals surface area contributed by atoms with Crippen LogP contribution >= 0.6 is 0 Å². The van der Waals surface area contributed by atoms with E-state index in [-0.39, 0.29) is 18.0 Å². The van der Waals surface area contributed by atoms with E-state index in [0.717, 1.165) is 6.42 Å². The lowest BCUT2D eigenvalue weighted by Gasteiger charge is -2.27. The minimum atomic E-state index is -0.863. The largest absolute Gasteiger partial charge is 0.392 e. The van der Waals surface area contributed by atoms with Crippen LogP contribution in [0.5, 0.6) is 0 Å². The van der Waals surface area contributed by atoms with Crippen LogP contribution in [0.25, 0.3) is 0 Å². The van der Waals surface area contributed by atoms with Gasteiger partial charge in [0.1, 0.15) is 0 Å². The summed E-state index contributed by atoms with van der Waals surface area (Å²) >= 11 is 0. The number of hydrogen-bond acceptors (Lipinski definition) is 4. The standard InChI is InChI=1S/C10H16O4/c1-3-8-5-13-10(14-6-8)9(12)7(2)4-11/h8,10-11H,2-6H2,1H3. The number of Topliss-reactive ketones (excluding diaryl/α,β-unsaturated/α-hetero) is 1. The minimum absolute atomic E-state index is 0.130. The van der Waals surface area contributed by atoms with E-state index in [1.165, 1.54) is 0 Å². The number of carbonyl (C=O) groups excluding carboxylic acids is 1. The van der Waals surface area contributed by atoms with Crippen LogP contribution in [0.4, 0.5) is 0 Å². The van der Waals surface area contributed by atoms with E-state index >= 15 is 0 Å². The Morgan fingerprint density at radius 2 is 2.07 bits per heavy atom. The molecule has 1 heterocycles. The molecule has 80 valence electrons. The SMILES string of the molecule is C=C(CO)C(=O)C1OCC(CC)CO1. The normalized spacial score (nSPS) is 27.3. The van der Waals surface area contributed by atoms with Crippen molar-refractivity contribution in [3.8, 4) is 0 Å². The number of rotatable bonds is 4. The van der Waals surface area contributed by atoms with Gasteiger partial charge in [-0.15, -0.1) is 0 Å². The quantitative estimate of drug-likeness (QED) is 0.671. The Balaban J connectivity index is 2.41. The van der Waals surface area contributed by atoms with Gasteiger partial charge in [0.2, 0.25) is 12.1 Å². The summed E-state index contributed by atoms with van der Waals surface area (Å²) in [5, 5.41) is 8.70. The molecule has 0 saturated carbocycles. The Bertz CT molecular complexity index is 216. The van der Waals surface area contributed by atoms with Gasteiger partial charge in [-0.05, 0) is 6.42 Å². The van der Waals surface area contributed by atoms with Crippen LogP contribution in [-0.4, -0.2) is 37.0 Å². The fraction of sp³-hybridized carbons (Fsp3) is 0.700. The summed E-state index contributed by atoms with van der Waals surface area (Å²) < 4.78 is 10.4. The third-order valence-corrected chi connectivity index (χ3v) is 2.30. The van der Waals surface area contributed by atoms with Gasteiger partial charge in [0.25, 0.3) is 0 Å². The lowest BCUT2D eigenvalue weighted by Crippen LogP contribution is -2.38. The van der Waals surface area contributed by atoms with Crippen molar-refractivity contribution >= 4 is 5.78 Å². The fourth-order valence-electron chi connectivity index (χ4n) is 1.17. The monoisotopic (exact) mass is 200 g/mol. The number of ketones is 1. The molecule has 0 aromatic rings. The smallest absolute Gasteiger partial charge is 0.222 e. The van der Waals surface area contributed by atoms with E-state index in [4.69, 9.17) is 14.6 Å². The zero-order valence-electron chi connectivity index (χ0n) is 8.36. The molecule has 0 bridgehead atoms. The zero-order chi connectivity index (χ0) is 10.6. The molecular weight excluding hydrogens is 184 g/mol. The first-order chi connectivity index (χ1) is 6.69. The molecule has 4 heteroatoms. The molecule has 0 unspecified atom stereocenters. The molecule has 0 radical (unpaired) electrons. The Morgan fingerprint density at radius 1 is 1.50 bits per heavy atom. The van der Waals surface area contributed by atoms with Crippen molar-refractivity contribution in [2.75, 3.05) is 19.8 Å². The molecule has 1 N–H and O–H groups in total. The maximum Gasteiger partial charge on any atom is 0.222 e. The van der Waals surface area contributed by atoms with Gasteiger partial charge in [0.05, 0.1) is 19.8 Å². The van der Waals surface area contributed by atoms with Crippen LogP contribution in [0.2, 0.25) is 0 Å². The summed E-state index contributed by atoms with van der Waals surface area (Å²) in [7, 11) is 0. The first-order valence-corrected chi connectivity index (χ1v) is 4.75. The molecule has 0 aromatic carbocycles. The fourth-order valence-corrected chi connectivity index (χ4v) is 1.17. The number of aliphatic hydroxyl groups is 1. The van der Waals surface area contributed by atoms with E-state index in [1.807, 2.05) is 6.92 Å². The van der Waals surface area contributed by atoms with Gasteiger partial charge < -0.3 is 14.6 Å². The highest BCUT2D eigenvalue weighted by molar-refractivity contribution is 5.97. The van der Waals surface area contributed by atoms with Gasteiger partial charge in [0.15, 0.2) is 0 Å². The predicted octanol–water partition coefficient (Wildman–Crippen LogP) is 0.503. The van der Waals surface area contributed by atoms with Gasteiger partial charge in [-0.1, -0.05) is 13.5 Å². The van der Waals surface area contributed by atoms with Crippen molar-refractivity contribution in [3.63, 3.8) is 0 Å². The third kappa shape index (κ3) is 2.64. The van der Waals surface area contributed by atoms with Crippen LogP contribution < -0.4 is 0 Å². The number of carbonyl (C=O) groups is 1. The molecule has 0 spiro atoms. The van der Waals surface area contributed by atoms with Crippen molar-refractivity contribution in [2.24, 2.45) is 5.92 Å². The summed E-state index contributed by atoms with van der Waals surface area (Å²) in [6.07, 6.45) is 0.111. The first-order valence-electron chi connectivity index (χ1n) is 4.75. The molecule has 14 heavy (non-hydrogen) atoms. The molecule has 1 saturated heterocycles. The van der Waals surface area contributed by atoms with Crippen molar-refractivity contribution in [2.45, 2.75) is 19.6 Å². The second-order valence-corrected chi connectivity index (χ2v) is 3.40. The van der Waals surface area contributed by atoms with Gasteiger partial charge in [0, 0.05) is 11.5 Å². The predicted molar refractivity (Wildman–Crippen MR) is 50.7 cm³/mol. The van der Waals surface area contributed by atoms with E-state index in [9.17, 15) is 4.79 Å². The molecule has 0 aromatic heterocycles. The topological polar surface area (TPSA) is 55.8 Å². The maximum atomic E-state index is 11.4. The highest BCUT2D eigenvalue weighted by Crippen LogP contribution is 2.16. The molecule has 0 aliphatic carbocycles. The average molecular weight is 200 g/mol. The lowest BCUT2D eigenvalue weighted by atomic mass is 10.1. The van der Waals surface area contributed by atoms with Crippen LogP contribution in [0.15, 0.2) is 12.2 Å². The second kappa shape index (κ2) is 5.24. The number of hydrogen-bond donors (Lipinski definition) is 1. The molecule has 1 aliphatic heterocycles. The van der Waals surface area contributed by atoms with Gasteiger partial charge in [-0.25, -0.2) is 0 Å². The summed E-state index contributed by atoms with van der Waals surface area (Å²) in [4.78, 5) is 11.4. The minimum Gasteiger partial charge on any atom is -0.392 e. The first kappa shape index (κ1) is 11.4. The Kier molecular flexibility index (Phi) is 4.25. The lowest BCUT2D eigenvalue weighted by molar-refractivity contribution is -0.200. The summed E-state index contributed by atoms with van der Waals surface area (Å²) in [6, 6.07) is 0. The van der Waals surface area contributed by atoms with E-state index < -0.39 is 6.29 Å². The van der Waals surface area contributed by atoms with Crippen LogP contribution in [-0.2, 0) is 14.3 Å². The second-order valence-electron chi connectivity index (χ2n) is 3.40. The molecule has 0 amide bonds. The Morgan fingerprint density at radius 3 is 2.50 bits per heavy atom. The molecule has 1 fully saturated rings. The van der Waals surface area contributed by atoms with Crippen molar-refractivity contribution in [1.82, 2.24) is 0 Å². The maximum absolute atomic E-state index is 11.4. The van der Waals surface area contributed by atoms with Crippen LogP contribution in [0.1, 0.15) is 13.3 Å². The summed E-state index contributed by atoms with van der Waals surface area (Å²) in [6.45, 7) is 6.19. The number of aliphatic hydroxyl groups excluding tert-OH is 1. The molecule has 0 atom stereocenters. The zero-order valence-corrected chi connectivity index (χ0v) is 8.36. The molecular formula is C10H16O4. The third-order valence-electron chi connectivity index (χ3n) is 2.30.